The summed E-state index contributed by atoms with van der Waals surface area (Å²) in [5.74, 6) is 0. The molecule has 0 fully saturated rings. The van der Waals surface area contributed by atoms with E-state index in [9.17, 15) is 0 Å². The Morgan fingerprint density at radius 3 is 2.62 bits per heavy atom. The van der Waals surface area contributed by atoms with Crippen LogP contribution in [0.15, 0.2) is 52.4 Å². The third-order valence-electron chi connectivity index (χ3n) is 2.17. The molecule has 78 valence electrons. The predicted octanol–water partition coefficient (Wildman–Crippen LogP) is 3.41. The van der Waals surface area contributed by atoms with Crippen LogP contribution in [0.1, 0.15) is 11.3 Å². The lowest BCUT2D eigenvalue weighted by Crippen LogP contribution is -1.83. The molecular formula is C13H10N2S. The van der Waals surface area contributed by atoms with Gasteiger partial charge in [-0.05, 0) is 30.7 Å². The first-order valence-electron chi connectivity index (χ1n) is 4.89. The second kappa shape index (κ2) is 4.82. The smallest absolute Gasteiger partial charge is 0.140 e. The largest absolute Gasteiger partial charge is 0.244 e. The topological polar surface area (TPSA) is 36.7 Å². The summed E-state index contributed by atoms with van der Waals surface area (Å²) in [5.41, 5.74) is 1.70. The standard InChI is InChI=1S/C13H10N2S/c1-10-4-2-3-5-13(10)16-12-7-6-11(8-14)15-9-12/h2-7,9H,1H3. The summed E-state index contributed by atoms with van der Waals surface area (Å²) in [6, 6.07) is 13.9. The molecule has 1 heterocycles. The Hall–Kier alpha value is -1.79. The maximum absolute atomic E-state index is 8.64. The predicted molar refractivity (Wildman–Crippen MR) is 64.3 cm³/mol. The van der Waals surface area contributed by atoms with Crippen molar-refractivity contribution in [3.8, 4) is 6.07 Å². The second-order valence-electron chi connectivity index (χ2n) is 3.36. The van der Waals surface area contributed by atoms with Crippen molar-refractivity contribution in [2.75, 3.05) is 0 Å². The molecule has 1 aromatic heterocycles. The molecule has 0 spiro atoms. The van der Waals surface area contributed by atoms with Crippen LogP contribution >= 0.6 is 11.8 Å². The van der Waals surface area contributed by atoms with Gasteiger partial charge in [-0.15, -0.1) is 0 Å². The summed E-state index contributed by atoms with van der Waals surface area (Å²) < 4.78 is 0. The highest BCUT2D eigenvalue weighted by atomic mass is 32.2. The van der Waals surface area contributed by atoms with E-state index in [4.69, 9.17) is 5.26 Å². The Kier molecular flexibility index (Phi) is 3.23. The molecule has 2 rings (SSSR count). The van der Waals surface area contributed by atoms with E-state index in [1.165, 1.54) is 10.5 Å². The molecule has 0 N–H and O–H groups in total. The molecule has 2 aromatic rings. The normalized spacial score (nSPS) is 9.75. The zero-order valence-electron chi connectivity index (χ0n) is 8.84. The highest BCUT2D eigenvalue weighted by Crippen LogP contribution is 2.29. The van der Waals surface area contributed by atoms with Crippen LogP contribution in [-0.4, -0.2) is 4.98 Å². The summed E-state index contributed by atoms with van der Waals surface area (Å²) in [6.45, 7) is 2.08. The van der Waals surface area contributed by atoms with Crippen molar-refractivity contribution in [1.29, 1.82) is 5.26 Å². The van der Waals surface area contributed by atoms with Gasteiger partial charge in [-0.1, -0.05) is 30.0 Å². The Bertz CT molecular complexity index is 526. The van der Waals surface area contributed by atoms with Gasteiger partial charge in [0, 0.05) is 16.0 Å². The van der Waals surface area contributed by atoms with E-state index >= 15 is 0 Å². The van der Waals surface area contributed by atoms with Crippen molar-refractivity contribution in [3.63, 3.8) is 0 Å². The molecule has 1 aromatic carbocycles. The van der Waals surface area contributed by atoms with Gasteiger partial charge in [0.05, 0.1) is 0 Å². The molecule has 0 bridgehead atoms. The average molecular weight is 226 g/mol. The molecule has 0 aliphatic rings. The molecule has 0 unspecified atom stereocenters. The van der Waals surface area contributed by atoms with E-state index in [2.05, 4.69) is 24.0 Å². The summed E-state index contributed by atoms with van der Waals surface area (Å²) >= 11 is 1.66. The van der Waals surface area contributed by atoms with Crippen molar-refractivity contribution in [2.24, 2.45) is 0 Å². The van der Waals surface area contributed by atoms with E-state index in [0.717, 1.165) is 4.90 Å². The fraction of sp³-hybridized carbons (Fsp3) is 0.0769. The van der Waals surface area contributed by atoms with Crippen LogP contribution in [0.2, 0.25) is 0 Å². The van der Waals surface area contributed by atoms with Gasteiger partial charge in [0.25, 0.3) is 0 Å². The molecule has 0 aliphatic heterocycles. The van der Waals surface area contributed by atoms with Crippen molar-refractivity contribution < 1.29 is 0 Å². The summed E-state index contributed by atoms with van der Waals surface area (Å²) in [6.07, 6.45) is 1.73. The molecule has 0 saturated carbocycles. The van der Waals surface area contributed by atoms with Gasteiger partial charge in [-0.3, -0.25) is 0 Å². The molecule has 16 heavy (non-hydrogen) atoms. The zero-order valence-corrected chi connectivity index (χ0v) is 9.66. The van der Waals surface area contributed by atoms with Crippen LogP contribution in [0.3, 0.4) is 0 Å². The number of pyridine rings is 1. The van der Waals surface area contributed by atoms with Gasteiger partial charge in [0.15, 0.2) is 0 Å². The van der Waals surface area contributed by atoms with E-state index in [0.29, 0.717) is 5.69 Å². The molecular weight excluding hydrogens is 216 g/mol. The lowest BCUT2D eigenvalue weighted by molar-refractivity contribution is 1.19. The SMILES string of the molecule is Cc1ccccc1Sc1ccc(C#N)nc1. The Morgan fingerprint density at radius 2 is 2.00 bits per heavy atom. The summed E-state index contributed by atoms with van der Waals surface area (Å²) in [7, 11) is 0. The molecule has 3 heteroatoms. The van der Waals surface area contributed by atoms with E-state index in [1.54, 1.807) is 24.0 Å². The summed E-state index contributed by atoms with van der Waals surface area (Å²) in [4.78, 5) is 6.31. The summed E-state index contributed by atoms with van der Waals surface area (Å²) in [5, 5.41) is 8.64. The van der Waals surface area contributed by atoms with Crippen molar-refractivity contribution in [2.45, 2.75) is 16.7 Å². The molecule has 0 radical (unpaired) electrons. The average Bonchev–Trinajstić information content (AvgIpc) is 2.33. The maximum Gasteiger partial charge on any atom is 0.140 e. The Morgan fingerprint density at radius 1 is 1.19 bits per heavy atom. The molecule has 2 nitrogen and oxygen atoms in total. The van der Waals surface area contributed by atoms with Gasteiger partial charge < -0.3 is 0 Å². The maximum atomic E-state index is 8.64. The second-order valence-corrected chi connectivity index (χ2v) is 4.47. The highest BCUT2D eigenvalue weighted by Gasteiger charge is 2.00. The van der Waals surface area contributed by atoms with Gasteiger partial charge in [-0.25, -0.2) is 4.98 Å². The minimum atomic E-state index is 0.453. The highest BCUT2D eigenvalue weighted by molar-refractivity contribution is 7.99. The quantitative estimate of drug-likeness (QED) is 0.787. The molecule has 0 atom stereocenters. The van der Waals surface area contributed by atoms with E-state index < -0.39 is 0 Å². The van der Waals surface area contributed by atoms with Gasteiger partial charge >= 0.3 is 0 Å². The number of aromatic nitrogens is 1. The minimum Gasteiger partial charge on any atom is -0.244 e. The van der Waals surface area contributed by atoms with Crippen molar-refractivity contribution in [3.05, 3.63) is 53.9 Å². The van der Waals surface area contributed by atoms with Crippen molar-refractivity contribution in [1.82, 2.24) is 4.98 Å². The third-order valence-corrected chi connectivity index (χ3v) is 3.33. The van der Waals surface area contributed by atoms with Crippen LogP contribution < -0.4 is 0 Å². The van der Waals surface area contributed by atoms with Gasteiger partial charge in [0.2, 0.25) is 0 Å². The Balaban J connectivity index is 2.22. The van der Waals surface area contributed by atoms with Gasteiger partial charge in [-0.2, -0.15) is 5.26 Å². The van der Waals surface area contributed by atoms with Crippen LogP contribution in [0.5, 0.6) is 0 Å². The zero-order chi connectivity index (χ0) is 11.4. The van der Waals surface area contributed by atoms with E-state index in [-0.39, 0.29) is 0 Å². The fourth-order valence-electron chi connectivity index (χ4n) is 1.30. The molecule has 0 aliphatic carbocycles. The number of benzene rings is 1. The van der Waals surface area contributed by atoms with Crippen LogP contribution in [-0.2, 0) is 0 Å². The van der Waals surface area contributed by atoms with Gasteiger partial charge in [0.1, 0.15) is 11.8 Å². The number of hydrogen-bond donors (Lipinski definition) is 0. The fourth-order valence-corrected chi connectivity index (χ4v) is 2.18. The lowest BCUT2D eigenvalue weighted by Gasteiger charge is -2.04. The van der Waals surface area contributed by atoms with Crippen LogP contribution in [0, 0.1) is 18.3 Å². The van der Waals surface area contributed by atoms with Crippen LogP contribution in [0.25, 0.3) is 0 Å². The lowest BCUT2D eigenvalue weighted by atomic mass is 10.2. The first-order valence-corrected chi connectivity index (χ1v) is 5.71. The monoisotopic (exact) mass is 226 g/mol. The number of nitrogens with zero attached hydrogens (tertiary/aromatic N) is 2. The number of hydrogen-bond acceptors (Lipinski definition) is 3. The first kappa shape index (κ1) is 10.7. The number of nitriles is 1. The molecule has 0 amide bonds. The van der Waals surface area contributed by atoms with Crippen LogP contribution in [0.4, 0.5) is 0 Å². The minimum absolute atomic E-state index is 0.453. The molecule has 0 saturated heterocycles. The number of aryl methyl sites for hydroxylation is 1. The first-order chi connectivity index (χ1) is 7.79. The van der Waals surface area contributed by atoms with E-state index in [1.807, 2.05) is 24.3 Å². The Labute approximate surface area is 99.0 Å². The third kappa shape index (κ3) is 2.41. The number of rotatable bonds is 2. The van der Waals surface area contributed by atoms with Crippen molar-refractivity contribution >= 4 is 11.8 Å².